The lowest BCUT2D eigenvalue weighted by molar-refractivity contribution is -0.186. The van der Waals surface area contributed by atoms with Crippen molar-refractivity contribution in [3.63, 3.8) is 0 Å². The number of esters is 1. The van der Waals surface area contributed by atoms with Crippen LogP contribution in [0.25, 0.3) is 11.3 Å². The number of ether oxygens (including phenoxy) is 2. The van der Waals surface area contributed by atoms with Crippen molar-refractivity contribution in [2.75, 3.05) is 0 Å². The fourth-order valence-electron chi connectivity index (χ4n) is 10.1. The molecule has 2 aromatic rings. The Labute approximate surface area is 259 Å². The number of hydrogen-bond acceptors (Lipinski definition) is 6. The number of fused-ring (bicyclic) bond motifs is 4. The van der Waals surface area contributed by atoms with E-state index in [4.69, 9.17) is 13.9 Å². The zero-order valence-corrected chi connectivity index (χ0v) is 26.9. The Morgan fingerprint density at radius 3 is 2.41 bits per heavy atom. The van der Waals surface area contributed by atoms with Crippen LogP contribution >= 0.6 is 0 Å². The molecule has 0 unspecified atom stereocenters. The molecule has 1 saturated carbocycles. The quantitative estimate of drug-likeness (QED) is 0.308. The van der Waals surface area contributed by atoms with E-state index in [1.54, 1.807) is 18.4 Å². The van der Waals surface area contributed by atoms with Crippen LogP contribution in [0.3, 0.4) is 0 Å². The van der Waals surface area contributed by atoms with E-state index in [-0.39, 0.29) is 53.2 Å². The highest BCUT2D eigenvalue weighted by Gasteiger charge is 2.77. The first-order valence-electron chi connectivity index (χ1n) is 16.0. The number of carbonyl (C=O) groups is 3. The summed E-state index contributed by atoms with van der Waals surface area (Å²) >= 11 is 0. The van der Waals surface area contributed by atoms with Gasteiger partial charge in [0.05, 0.1) is 17.8 Å². The van der Waals surface area contributed by atoms with Crippen molar-refractivity contribution >= 4 is 17.7 Å². The second-order valence-corrected chi connectivity index (χ2v) is 15.3. The van der Waals surface area contributed by atoms with Crippen molar-refractivity contribution in [3.8, 4) is 11.3 Å². The summed E-state index contributed by atoms with van der Waals surface area (Å²) in [7, 11) is 0. The standard InChI is InChI=1S/C37H43NO6/c1-9-25-36(7)26(39)14-16-35(6)30(36)29(44-33(35)41)31-37(25,8)27-19(2)23(18-24(27)43-31)22-15-17-42-28(22)20-10-12-21(13-11-20)32(40)38-34(3,4)5/h10-17,23-25,29-31H,9,18H2,1-8H3,(H,38,40)/t23-,24-,25-,29-,30+,31-,35-,36+,37-/m1/s1. The van der Waals surface area contributed by atoms with Crippen LogP contribution < -0.4 is 5.32 Å². The van der Waals surface area contributed by atoms with Crippen LogP contribution in [0.5, 0.6) is 0 Å². The molecule has 1 aromatic carbocycles. The minimum Gasteiger partial charge on any atom is -0.464 e. The predicted octanol–water partition coefficient (Wildman–Crippen LogP) is 6.79. The first-order chi connectivity index (χ1) is 20.7. The minimum absolute atomic E-state index is 0.0168. The van der Waals surface area contributed by atoms with Gasteiger partial charge in [-0.25, -0.2) is 0 Å². The lowest BCUT2D eigenvalue weighted by Crippen LogP contribution is -2.65. The molecular formula is C37H43NO6. The van der Waals surface area contributed by atoms with Gasteiger partial charge in [-0.1, -0.05) is 51.0 Å². The molecule has 7 nitrogen and oxygen atoms in total. The summed E-state index contributed by atoms with van der Waals surface area (Å²) in [5.41, 5.74) is 2.74. The molecule has 3 heterocycles. The van der Waals surface area contributed by atoms with Crippen molar-refractivity contribution in [3.05, 3.63) is 71.0 Å². The van der Waals surface area contributed by atoms with Gasteiger partial charge in [-0.15, -0.1) is 0 Å². The lowest BCUT2D eigenvalue weighted by Gasteiger charge is -2.59. The summed E-state index contributed by atoms with van der Waals surface area (Å²) in [6.45, 7) is 16.5. The van der Waals surface area contributed by atoms with Gasteiger partial charge >= 0.3 is 5.97 Å². The van der Waals surface area contributed by atoms with Crippen LogP contribution in [0.1, 0.15) is 90.1 Å². The number of nitrogens with one attached hydrogen (secondary N) is 1. The van der Waals surface area contributed by atoms with Gasteiger partial charge in [0.2, 0.25) is 0 Å². The summed E-state index contributed by atoms with van der Waals surface area (Å²) < 4.78 is 19.2. The maximum Gasteiger partial charge on any atom is 0.316 e. The molecule has 2 saturated heterocycles. The molecule has 232 valence electrons. The highest BCUT2D eigenvalue weighted by molar-refractivity contribution is 6.00. The van der Waals surface area contributed by atoms with E-state index >= 15 is 0 Å². The molecule has 0 spiro atoms. The van der Waals surface area contributed by atoms with Gasteiger partial charge in [0, 0.05) is 44.9 Å². The van der Waals surface area contributed by atoms with Crippen LogP contribution in [0, 0.1) is 28.1 Å². The maximum atomic E-state index is 13.8. The first-order valence-corrected chi connectivity index (χ1v) is 16.0. The van der Waals surface area contributed by atoms with Crippen molar-refractivity contribution in [2.24, 2.45) is 28.1 Å². The Morgan fingerprint density at radius 1 is 1.05 bits per heavy atom. The fourth-order valence-corrected chi connectivity index (χ4v) is 10.1. The second kappa shape index (κ2) is 9.29. The summed E-state index contributed by atoms with van der Waals surface area (Å²) in [5.74, 6) is 0.312. The average molecular weight is 598 g/mol. The van der Waals surface area contributed by atoms with Crippen LogP contribution in [-0.4, -0.2) is 41.5 Å². The number of allylic oxidation sites excluding steroid dienone is 2. The number of hydrogen-bond donors (Lipinski definition) is 1. The summed E-state index contributed by atoms with van der Waals surface area (Å²) in [5, 5.41) is 3.01. The number of rotatable bonds is 4. The predicted molar refractivity (Wildman–Crippen MR) is 166 cm³/mol. The molecule has 0 radical (unpaired) electrons. The normalized spacial score (nSPS) is 38.8. The average Bonchev–Trinajstić information content (AvgIpc) is 3.69. The molecular weight excluding hydrogens is 554 g/mol. The number of amides is 1. The van der Waals surface area contributed by atoms with Crippen molar-refractivity contribution in [2.45, 2.75) is 98.0 Å². The number of benzene rings is 1. The largest absolute Gasteiger partial charge is 0.464 e. The van der Waals surface area contributed by atoms with E-state index in [1.807, 2.05) is 58.0 Å². The van der Waals surface area contributed by atoms with Crippen LogP contribution in [0.4, 0.5) is 0 Å². The fraction of sp³-hybridized carbons (Fsp3) is 0.541. The Bertz CT molecular complexity index is 1640. The second-order valence-electron chi connectivity index (χ2n) is 15.3. The SMILES string of the molecule is CC[C@H]1[C@]2(C)C3=C(C)[C@H](c4ccoc4-c4ccc(C(=O)NC(C)(C)C)cc4)C[C@H]3O[C@@H]2[C@@H]2OC(=O)[C@]3(C)C=CC(=O)[C@@]1(C)[C@@H]23. The zero-order valence-electron chi connectivity index (χ0n) is 26.9. The highest BCUT2D eigenvalue weighted by Crippen LogP contribution is 2.72. The molecule has 3 aliphatic carbocycles. The Hall–Kier alpha value is -3.45. The molecule has 1 amide bonds. The first kappa shape index (κ1) is 29.3. The van der Waals surface area contributed by atoms with Crippen molar-refractivity contribution in [1.82, 2.24) is 5.32 Å². The Balaban J connectivity index is 1.26. The van der Waals surface area contributed by atoms with Crippen molar-refractivity contribution in [1.29, 1.82) is 0 Å². The van der Waals surface area contributed by atoms with E-state index in [0.717, 1.165) is 29.7 Å². The van der Waals surface area contributed by atoms with E-state index in [1.165, 1.54) is 11.1 Å². The Morgan fingerprint density at radius 2 is 1.75 bits per heavy atom. The van der Waals surface area contributed by atoms with Crippen LogP contribution in [0.2, 0.25) is 0 Å². The van der Waals surface area contributed by atoms with E-state index in [2.05, 4.69) is 33.0 Å². The molecule has 3 fully saturated rings. The van der Waals surface area contributed by atoms with Crippen LogP contribution in [0.15, 0.2) is 64.3 Å². The Kier molecular flexibility index (Phi) is 6.18. The van der Waals surface area contributed by atoms with Gasteiger partial charge in [-0.3, -0.25) is 14.4 Å². The molecule has 0 bridgehead atoms. The third-order valence-electron chi connectivity index (χ3n) is 11.7. The van der Waals surface area contributed by atoms with Crippen molar-refractivity contribution < 1.29 is 28.3 Å². The van der Waals surface area contributed by atoms with Gasteiger partial charge in [0.1, 0.15) is 18.0 Å². The topological polar surface area (TPSA) is 94.8 Å². The monoisotopic (exact) mass is 597 g/mol. The molecule has 9 atom stereocenters. The van der Waals surface area contributed by atoms with Gasteiger partial charge in [0.15, 0.2) is 5.78 Å². The summed E-state index contributed by atoms with van der Waals surface area (Å²) in [6, 6.07) is 9.59. The molecule has 1 aromatic heterocycles. The molecule has 7 rings (SSSR count). The molecule has 1 N–H and O–H groups in total. The summed E-state index contributed by atoms with van der Waals surface area (Å²) in [4.78, 5) is 39.9. The van der Waals surface area contributed by atoms with E-state index in [0.29, 0.717) is 5.56 Å². The van der Waals surface area contributed by atoms with Gasteiger partial charge in [-0.2, -0.15) is 0 Å². The van der Waals surface area contributed by atoms with E-state index < -0.39 is 22.3 Å². The summed E-state index contributed by atoms with van der Waals surface area (Å²) in [6.07, 6.45) is 5.79. The van der Waals surface area contributed by atoms with Crippen LogP contribution in [-0.2, 0) is 19.1 Å². The highest BCUT2D eigenvalue weighted by atomic mass is 16.6. The third-order valence-corrected chi connectivity index (χ3v) is 11.7. The molecule has 2 aliphatic heterocycles. The van der Waals surface area contributed by atoms with Gasteiger partial charge < -0.3 is 19.2 Å². The zero-order chi connectivity index (χ0) is 31.6. The lowest BCUT2D eigenvalue weighted by atomic mass is 9.42. The number of ketones is 1. The number of carbonyl (C=O) groups excluding carboxylic acids is 3. The molecule has 7 heteroatoms. The molecule has 44 heavy (non-hydrogen) atoms. The maximum absolute atomic E-state index is 13.8. The minimum atomic E-state index is -0.830. The third kappa shape index (κ3) is 3.68. The van der Waals surface area contributed by atoms with E-state index in [9.17, 15) is 14.4 Å². The number of furan rings is 1. The van der Waals surface area contributed by atoms with Gasteiger partial charge in [-0.05, 0) is 76.8 Å². The molecule has 5 aliphatic rings. The smallest absolute Gasteiger partial charge is 0.316 e. The van der Waals surface area contributed by atoms with Gasteiger partial charge in [0.25, 0.3) is 5.91 Å².